The second-order valence-electron chi connectivity index (χ2n) is 4.12. The Morgan fingerprint density at radius 1 is 1.42 bits per heavy atom. The van der Waals surface area contributed by atoms with Gasteiger partial charge in [0.2, 0.25) is 0 Å². The van der Waals surface area contributed by atoms with Crippen molar-refractivity contribution in [2.45, 2.75) is 13.3 Å². The lowest BCUT2D eigenvalue weighted by Gasteiger charge is -2.10. The average Bonchev–Trinajstić information content (AvgIpc) is 2.41. The topological polar surface area (TPSA) is 45.9 Å². The molecule has 1 heterocycles. The number of nitrogens with zero attached hydrogens (tertiary/aromatic N) is 2. The Kier molecular flexibility index (Phi) is 4.47. The van der Waals surface area contributed by atoms with Gasteiger partial charge in [-0.25, -0.2) is 0 Å². The van der Waals surface area contributed by atoms with Crippen LogP contribution in [0.4, 0.5) is 0 Å². The Labute approximate surface area is 121 Å². The minimum Gasteiger partial charge on any atom is -0.493 e. The Bertz CT molecular complexity index is 650. The monoisotopic (exact) mass is 294 g/mol. The predicted molar refractivity (Wildman–Crippen MR) is 77.0 cm³/mol. The van der Waals surface area contributed by atoms with Crippen LogP contribution in [-0.2, 0) is 0 Å². The zero-order chi connectivity index (χ0) is 13.8. The molecule has 0 radical (unpaired) electrons. The number of rotatable bonds is 4. The fourth-order valence-corrected chi connectivity index (χ4v) is 2.12. The minimum absolute atomic E-state index is 0.379. The van der Waals surface area contributed by atoms with Crippen LogP contribution in [0.1, 0.15) is 17.5 Å². The van der Waals surface area contributed by atoms with E-state index >= 15 is 0 Å². The number of hydrogen-bond donors (Lipinski definition) is 0. The first-order chi connectivity index (χ1) is 9.17. The molecule has 1 aromatic heterocycles. The van der Waals surface area contributed by atoms with E-state index in [4.69, 9.17) is 33.2 Å². The van der Waals surface area contributed by atoms with Crippen LogP contribution in [-0.4, -0.2) is 17.5 Å². The summed E-state index contributed by atoms with van der Waals surface area (Å²) in [7, 11) is 0. The molecule has 2 rings (SSSR count). The van der Waals surface area contributed by atoms with Gasteiger partial charge in [0.1, 0.15) is 11.8 Å². The van der Waals surface area contributed by atoms with E-state index in [1.54, 1.807) is 0 Å². The van der Waals surface area contributed by atoms with Gasteiger partial charge in [-0.1, -0.05) is 11.6 Å². The van der Waals surface area contributed by atoms with Gasteiger partial charge in [-0.15, -0.1) is 11.6 Å². The molecule has 0 spiro atoms. The minimum atomic E-state index is 0.379. The largest absolute Gasteiger partial charge is 0.493 e. The molecule has 0 fully saturated rings. The van der Waals surface area contributed by atoms with Crippen LogP contribution in [0.2, 0.25) is 5.02 Å². The third-order valence-electron chi connectivity index (χ3n) is 2.75. The number of hydrogen-bond acceptors (Lipinski definition) is 3. The van der Waals surface area contributed by atoms with Crippen LogP contribution >= 0.6 is 23.2 Å². The van der Waals surface area contributed by atoms with Gasteiger partial charge in [0.25, 0.3) is 0 Å². The molecule has 0 unspecified atom stereocenters. The van der Waals surface area contributed by atoms with Crippen LogP contribution in [0.3, 0.4) is 0 Å². The molecular formula is C14H12Cl2N2O. The van der Waals surface area contributed by atoms with E-state index in [0.29, 0.717) is 23.1 Å². The normalized spacial score (nSPS) is 10.4. The van der Waals surface area contributed by atoms with E-state index in [1.807, 2.05) is 25.1 Å². The molecule has 2 aromatic rings. The molecular weight excluding hydrogens is 283 g/mol. The molecule has 19 heavy (non-hydrogen) atoms. The summed E-state index contributed by atoms with van der Waals surface area (Å²) in [6.45, 7) is 2.50. The van der Waals surface area contributed by atoms with Gasteiger partial charge in [0, 0.05) is 23.5 Å². The van der Waals surface area contributed by atoms with Crippen molar-refractivity contribution >= 4 is 34.1 Å². The maximum atomic E-state index is 8.93. The number of aryl methyl sites for hydroxylation is 1. The van der Waals surface area contributed by atoms with E-state index in [9.17, 15) is 0 Å². The van der Waals surface area contributed by atoms with Gasteiger partial charge >= 0.3 is 0 Å². The number of halogens is 2. The number of alkyl halides is 1. The lowest BCUT2D eigenvalue weighted by atomic mass is 10.1. The highest BCUT2D eigenvalue weighted by molar-refractivity contribution is 6.36. The number of aromatic nitrogens is 1. The van der Waals surface area contributed by atoms with Crippen molar-refractivity contribution in [3.8, 4) is 11.8 Å². The van der Waals surface area contributed by atoms with E-state index in [1.165, 1.54) is 6.20 Å². The van der Waals surface area contributed by atoms with Gasteiger partial charge in [0.05, 0.1) is 22.7 Å². The Morgan fingerprint density at radius 2 is 2.21 bits per heavy atom. The molecule has 0 saturated heterocycles. The zero-order valence-corrected chi connectivity index (χ0v) is 11.9. The summed E-state index contributed by atoms with van der Waals surface area (Å²) in [5, 5.41) is 10.1. The van der Waals surface area contributed by atoms with Crippen molar-refractivity contribution in [3.63, 3.8) is 0 Å². The van der Waals surface area contributed by atoms with Crippen LogP contribution in [0, 0.1) is 18.3 Å². The third-order valence-corrected chi connectivity index (χ3v) is 3.43. The highest BCUT2D eigenvalue weighted by atomic mass is 35.5. The van der Waals surface area contributed by atoms with Crippen molar-refractivity contribution < 1.29 is 4.74 Å². The maximum Gasteiger partial charge on any atom is 0.124 e. The van der Waals surface area contributed by atoms with E-state index in [-0.39, 0.29) is 0 Å². The summed E-state index contributed by atoms with van der Waals surface area (Å²) in [5.74, 6) is 1.34. The number of benzene rings is 1. The first-order valence-electron chi connectivity index (χ1n) is 5.85. The molecule has 0 aliphatic carbocycles. The summed E-state index contributed by atoms with van der Waals surface area (Å²) in [6.07, 6.45) is 2.27. The molecule has 5 heteroatoms. The molecule has 0 atom stereocenters. The van der Waals surface area contributed by atoms with Crippen LogP contribution in [0.25, 0.3) is 10.9 Å². The van der Waals surface area contributed by atoms with Crippen molar-refractivity contribution in [1.82, 2.24) is 4.98 Å². The van der Waals surface area contributed by atoms with Crippen molar-refractivity contribution in [2.75, 3.05) is 12.5 Å². The van der Waals surface area contributed by atoms with Crippen LogP contribution in [0.5, 0.6) is 5.75 Å². The molecule has 0 aliphatic heterocycles. The lowest BCUT2D eigenvalue weighted by molar-refractivity contribution is 0.316. The van der Waals surface area contributed by atoms with E-state index < -0.39 is 0 Å². The Hall–Kier alpha value is -1.50. The molecule has 3 nitrogen and oxygen atoms in total. The van der Waals surface area contributed by atoms with Gasteiger partial charge in [-0.3, -0.25) is 4.98 Å². The van der Waals surface area contributed by atoms with Crippen molar-refractivity contribution in [2.24, 2.45) is 0 Å². The summed E-state index contributed by atoms with van der Waals surface area (Å²) >= 11 is 11.8. The average molecular weight is 295 g/mol. The fourth-order valence-electron chi connectivity index (χ4n) is 1.77. The second kappa shape index (κ2) is 6.10. The molecule has 0 N–H and O–H groups in total. The zero-order valence-electron chi connectivity index (χ0n) is 10.4. The number of fused-ring (bicyclic) bond motifs is 1. The first kappa shape index (κ1) is 13.9. The van der Waals surface area contributed by atoms with E-state index in [2.05, 4.69) is 4.98 Å². The maximum absolute atomic E-state index is 8.93. The molecule has 98 valence electrons. The van der Waals surface area contributed by atoms with Crippen LogP contribution < -0.4 is 4.74 Å². The first-order valence-corrected chi connectivity index (χ1v) is 6.76. The smallest absolute Gasteiger partial charge is 0.124 e. The Morgan fingerprint density at radius 3 is 2.89 bits per heavy atom. The molecule has 0 bridgehead atoms. The second-order valence-corrected chi connectivity index (χ2v) is 4.88. The van der Waals surface area contributed by atoms with Gasteiger partial charge in [0.15, 0.2) is 0 Å². The number of nitriles is 1. The quantitative estimate of drug-likeness (QED) is 0.630. The SMILES string of the molecule is Cc1cc2c(Cl)c(C#N)cnc2cc1OCCCCl. The molecule has 0 amide bonds. The summed E-state index contributed by atoms with van der Waals surface area (Å²) in [4.78, 5) is 4.23. The molecule has 0 aliphatic rings. The molecule has 1 aromatic carbocycles. The van der Waals surface area contributed by atoms with Crippen LogP contribution in [0.15, 0.2) is 18.3 Å². The summed E-state index contributed by atoms with van der Waals surface area (Å²) in [6, 6.07) is 5.75. The predicted octanol–water partition coefficient (Wildman–Crippen LogP) is 4.08. The number of pyridine rings is 1. The highest BCUT2D eigenvalue weighted by Crippen LogP contribution is 2.30. The summed E-state index contributed by atoms with van der Waals surface area (Å²) in [5.41, 5.74) is 2.06. The molecule has 0 saturated carbocycles. The van der Waals surface area contributed by atoms with Crippen molar-refractivity contribution in [1.29, 1.82) is 5.26 Å². The standard InChI is InChI=1S/C14H12Cl2N2O/c1-9-5-11-12(6-13(9)19-4-2-3-15)18-8-10(7-17)14(11)16/h5-6,8H,2-4H2,1H3. The third kappa shape index (κ3) is 2.91. The fraction of sp³-hybridized carbons (Fsp3) is 0.286. The van der Waals surface area contributed by atoms with Gasteiger partial charge < -0.3 is 4.74 Å². The van der Waals surface area contributed by atoms with Gasteiger partial charge in [-0.2, -0.15) is 5.26 Å². The van der Waals surface area contributed by atoms with E-state index in [0.717, 1.165) is 28.6 Å². The van der Waals surface area contributed by atoms with Gasteiger partial charge in [-0.05, 0) is 25.0 Å². The highest BCUT2D eigenvalue weighted by Gasteiger charge is 2.10. The number of ether oxygens (including phenoxy) is 1. The van der Waals surface area contributed by atoms with Crippen molar-refractivity contribution in [3.05, 3.63) is 34.5 Å². The Balaban J connectivity index is 2.44. The summed E-state index contributed by atoms with van der Waals surface area (Å²) < 4.78 is 5.65. The lowest BCUT2D eigenvalue weighted by Crippen LogP contribution is -2.00.